The van der Waals surface area contributed by atoms with Crippen molar-refractivity contribution in [3.05, 3.63) is 71.1 Å². The van der Waals surface area contributed by atoms with Gasteiger partial charge in [0.1, 0.15) is 24.3 Å². The Morgan fingerprint density at radius 2 is 1.89 bits per heavy atom. The summed E-state index contributed by atoms with van der Waals surface area (Å²) >= 11 is 5.94. The third-order valence-corrected chi connectivity index (χ3v) is 5.85. The number of carbonyl (C=O) groups excluding carboxylic acids is 2. The summed E-state index contributed by atoms with van der Waals surface area (Å²) in [6.45, 7) is -1.07. The Labute approximate surface area is 218 Å². The number of amides is 3. The first kappa shape index (κ1) is 28.1. The van der Waals surface area contributed by atoms with Crippen LogP contribution in [0, 0.1) is 5.82 Å². The van der Waals surface area contributed by atoms with E-state index in [2.05, 4.69) is 15.6 Å². The van der Waals surface area contributed by atoms with E-state index < -0.39 is 36.7 Å². The van der Waals surface area contributed by atoms with Gasteiger partial charge in [-0.1, -0.05) is 48.0 Å². The van der Waals surface area contributed by atoms with Crippen molar-refractivity contribution in [1.29, 1.82) is 0 Å². The van der Waals surface area contributed by atoms with Gasteiger partial charge in [-0.3, -0.25) is 5.32 Å². The Morgan fingerprint density at radius 1 is 1.14 bits per heavy atom. The number of urea groups is 1. The molecule has 4 N–H and O–H groups in total. The fraction of sp³-hybridized carbons (Fsp3) is 0.320. The highest BCUT2D eigenvalue weighted by atomic mass is 35.5. The van der Waals surface area contributed by atoms with Crippen LogP contribution in [0.5, 0.6) is 0 Å². The summed E-state index contributed by atoms with van der Waals surface area (Å²) in [5.74, 6) is -0.309. The molecule has 0 unspecified atom stereocenters. The highest BCUT2D eigenvalue weighted by Gasteiger charge is 2.23. The van der Waals surface area contributed by atoms with Crippen LogP contribution in [-0.2, 0) is 16.0 Å². The van der Waals surface area contributed by atoms with Crippen LogP contribution in [0.2, 0.25) is 5.02 Å². The number of aliphatic hydroxyl groups is 2. The van der Waals surface area contributed by atoms with Gasteiger partial charge < -0.3 is 29.9 Å². The number of hydrogen-bond acceptors (Lipinski definition) is 7. The van der Waals surface area contributed by atoms with Gasteiger partial charge in [0.05, 0.1) is 30.9 Å². The number of nitrogens with zero attached hydrogens (tertiary/aromatic N) is 2. The molecule has 3 rings (SSSR count). The molecule has 12 heteroatoms. The van der Waals surface area contributed by atoms with E-state index in [4.69, 9.17) is 26.2 Å². The van der Waals surface area contributed by atoms with Crippen molar-refractivity contribution in [3.63, 3.8) is 0 Å². The molecular formula is C25H28ClFN4O6. The van der Waals surface area contributed by atoms with Gasteiger partial charge in [0.15, 0.2) is 0 Å². The van der Waals surface area contributed by atoms with E-state index in [1.807, 2.05) is 24.3 Å². The number of rotatable bonds is 11. The molecule has 1 aromatic heterocycles. The average molecular weight is 535 g/mol. The summed E-state index contributed by atoms with van der Waals surface area (Å²) in [6, 6.07) is 12.2. The van der Waals surface area contributed by atoms with Gasteiger partial charge in [0.25, 0.3) is 0 Å². The quantitative estimate of drug-likeness (QED) is 0.297. The van der Waals surface area contributed by atoms with E-state index in [1.54, 1.807) is 18.3 Å². The molecule has 0 radical (unpaired) electrons. The monoisotopic (exact) mass is 534 g/mol. The Kier molecular flexibility index (Phi) is 10.4. The minimum Gasteiger partial charge on any atom is -0.447 e. The third-order valence-electron chi connectivity index (χ3n) is 5.43. The molecular weight excluding hydrogens is 507 g/mol. The zero-order chi connectivity index (χ0) is 26.8. The van der Waals surface area contributed by atoms with E-state index in [1.165, 1.54) is 24.1 Å². The largest absolute Gasteiger partial charge is 0.447 e. The van der Waals surface area contributed by atoms with E-state index >= 15 is 0 Å². The van der Waals surface area contributed by atoms with Crippen molar-refractivity contribution in [2.24, 2.45) is 0 Å². The van der Waals surface area contributed by atoms with Gasteiger partial charge in [0.2, 0.25) is 0 Å². The standard InChI is InChI=1S/C25H28ClFN4O6/c1-31(24(34)29-11-18-7-4-8-21(27)23(18)26)19(13-36-15-20(33)12-32)14-37-25(35)30-22-9-16-5-2-3-6-17(16)10-28-22/h2-10,19-20,32-33H,11-15H2,1H3,(H,29,34)(H,28,30,35)/t19-,20+/m0/s1. The number of likely N-dealkylation sites (N-methyl/N-ethyl adjacent to an activating group) is 1. The highest BCUT2D eigenvalue weighted by molar-refractivity contribution is 6.31. The van der Waals surface area contributed by atoms with Crippen LogP contribution in [0.4, 0.5) is 19.8 Å². The summed E-state index contributed by atoms with van der Waals surface area (Å²) in [5.41, 5.74) is 0.390. The minimum absolute atomic E-state index is 0.0362. The van der Waals surface area contributed by atoms with Gasteiger partial charge in [0, 0.05) is 25.2 Å². The summed E-state index contributed by atoms with van der Waals surface area (Å²) in [4.78, 5) is 30.6. The fourth-order valence-corrected chi connectivity index (χ4v) is 3.47. The molecule has 198 valence electrons. The molecule has 0 aliphatic heterocycles. The lowest BCUT2D eigenvalue weighted by Crippen LogP contribution is -2.48. The predicted molar refractivity (Wildman–Crippen MR) is 136 cm³/mol. The van der Waals surface area contributed by atoms with E-state index in [-0.39, 0.29) is 31.4 Å². The van der Waals surface area contributed by atoms with Crippen LogP contribution in [0.15, 0.2) is 54.7 Å². The van der Waals surface area contributed by atoms with E-state index in [0.29, 0.717) is 11.4 Å². The molecule has 1 heterocycles. The first-order chi connectivity index (χ1) is 17.8. The Morgan fingerprint density at radius 3 is 2.65 bits per heavy atom. The summed E-state index contributed by atoms with van der Waals surface area (Å²) in [5, 5.41) is 25.4. The van der Waals surface area contributed by atoms with Crippen molar-refractivity contribution in [1.82, 2.24) is 15.2 Å². The molecule has 0 saturated heterocycles. The zero-order valence-electron chi connectivity index (χ0n) is 20.1. The van der Waals surface area contributed by atoms with Crippen molar-refractivity contribution >= 4 is 40.3 Å². The first-order valence-electron chi connectivity index (χ1n) is 11.4. The van der Waals surface area contributed by atoms with Crippen molar-refractivity contribution < 1.29 is 33.7 Å². The molecule has 0 spiro atoms. The number of hydrogen-bond donors (Lipinski definition) is 4. The minimum atomic E-state index is -1.10. The summed E-state index contributed by atoms with van der Waals surface area (Å²) in [7, 11) is 1.46. The van der Waals surface area contributed by atoms with Crippen LogP contribution in [0.3, 0.4) is 0 Å². The van der Waals surface area contributed by atoms with Crippen molar-refractivity contribution in [3.8, 4) is 0 Å². The smallest absolute Gasteiger partial charge is 0.412 e. The molecule has 3 amide bonds. The number of aliphatic hydroxyl groups excluding tert-OH is 2. The topological polar surface area (TPSA) is 133 Å². The van der Waals surface area contributed by atoms with Gasteiger partial charge in [-0.15, -0.1) is 0 Å². The van der Waals surface area contributed by atoms with Crippen LogP contribution in [-0.4, -0.2) is 77.8 Å². The third kappa shape index (κ3) is 8.25. The maximum Gasteiger partial charge on any atom is 0.412 e. The summed E-state index contributed by atoms with van der Waals surface area (Å²) < 4.78 is 24.4. The van der Waals surface area contributed by atoms with Gasteiger partial charge in [-0.05, 0) is 23.1 Å². The number of fused-ring (bicyclic) bond motifs is 1. The van der Waals surface area contributed by atoms with Crippen LogP contribution in [0.1, 0.15) is 5.56 Å². The molecule has 10 nitrogen and oxygen atoms in total. The number of halogens is 2. The number of nitrogens with one attached hydrogen (secondary N) is 2. The number of ether oxygens (including phenoxy) is 2. The maximum atomic E-state index is 13.7. The van der Waals surface area contributed by atoms with Crippen LogP contribution in [0.25, 0.3) is 10.8 Å². The lowest BCUT2D eigenvalue weighted by atomic mass is 10.2. The maximum absolute atomic E-state index is 13.7. The first-order valence-corrected chi connectivity index (χ1v) is 11.7. The van der Waals surface area contributed by atoms with E-state index in [0.717, 1.165) is 10.8 Å². The number of anilines is 1. The second-order valence-electron chi connectivity index (χ2n) is 8.15. The molecule has 0 aliphatic rings. The summed E-state index contributed by atoms with van der Waals surface area (Å²) in [6.07, 6.45) is -0.265. The van der Waals surface area contributed by atoms with Gasteiger partial charge in [-0.2, -0.15) is 0 Å². The average Bonchev–Trinajstić information content (AvgIpc) is 2.90. The number of aromatic nitrogens is 1. The normalized spacial score (nSPS) is 12.6. The molecule has 37 heavy (non-hydrogen) atoms. The lowest BCUT2D eigenvalue weighted by Gasteiger charge is -2.28. The molecule has 2 aromatic carbocycles. The highest BCUT2D eigenvalue weighted by Crippen LogP contribution is 2.19. The van der Waals surface area contributed by atoms with Gasteiger partial charge in [-0.25, -0.2) is 19.0 Å². The Balaban J connectivity index is 1.59. The van der Waals surface area contributed by atoms with Crippen molar-refractivity contribution in [2.45, 2.75) is 18.7 Å². The van der Waals surface area contributed by atoms with Crippen LogP contribution < -0.4 is 10.6 Å². The molecule has 0 bridgehead atoms. The van der Waals surface area contributed by atoms with Crippen LogP contribution >= 0.6 is 11.6 Å². The lowest BCUT2D eigenvalue weighted by molar-refractivity contribution is -0.0154. The number of carbonyl (C=O) groups is 2. The second kappa shape index (κ2) is 13.7. The molecule has 2 atom stereocenters. The van der Waals surface area contributed by atoms with E-state index in [9.17, 15) is 19.1 Å². The Bertz CT molecular complexity index is 1220. The fourth-order valence-electron chi connectivity index (χ4n) is 3.28. The van der Waals surface area contributed by atoms with Crippen molar-refractivity contribution in [2.75, 3.05) is 38.8 Å². The SMILES string of the molecule is CN(C(=O)NCc1cccc(F)c1Cl)[C@@H](COC[C@H](O)CO)COC(=O)Nc1cc2ccccc2cn1. The molecule has 0 saturated carbocycles. The predicted octanol–water partition coefficient (Wildman–Crippen LogP) is 3.16. The second-order valence-corrected chi connectivity index (χ2v) is 8.53. The zero-order valence-corrected chi connectivity index (χ0v) is 20.8. The molecule has 0 aliphatic carbocycles. The Hall–Kier alpha value is -3.51. The molecule has 3 aromatic rings. The van der Waals surface area contributed by atoms with Gasteiger partial charge >= 0.3 is 12.1 Å². The molecule has 0 fully saturated rings. The number of benzene rings is 2. The number of pyridine rings is 1.